The van der Waals surface area contributed by atoms with Gasteiger partial charge in [-0.05, 0) is 30.7 Å². The number of carboxylic acid groups (broad SMARTS) is 1. The number of hydrogen-bond acceptors (Lipinski definition) is 4. The van der Waals surface area contributed by atoms with Gasteiger partial charge in [-0.1, -0.05) is 6.07 Å². The van der Waals surface area contributed by atoms with Crippen LogP contribution in [0.1, 0.15) is 15.9 Å². The summed E-state index contributed by atoms with van der Waals surface area (Å²) >= 11 is 0. The third-order valence-electron chi connectivity index (χ3n) is 2.67. The number of carbonyl (C=O) groups is 1. The van der Waals surface area contributed by atoms with Crippen molar-refractivity contribution in [3.63, 3.8) is 0 Å². The molecular weight excluding hydrogens is 249 g/mol. The average molecular weight is 261 g/mol. The summed E-state index contributed by atoms with van der Waals surface area (Å²) in [5.74, 6) is -1.35. The van der Waals surface area contributed by atoms with Gasteiger partial charge in [0.05, 0.1) is 11.3 Å². The zero-order chi connectivity index (χ0) is 14.0. The van der Waals surface area contributed by atoms with Gasteiger partial charge in [-0.2, -0.15) is 0 Å². The van der Waals surface area contributed by atoms with E-state index in [1.807, 2.05) is 0 Å². The number of pyridine rings is 1. The summed E-state index contributed by atoms with van der Waals surface area (Å²) in [5.41, 5.74) is 6.97. The lowest BCUT2D eigenvalue weighted by Crippen LogP contribution is -2.07. The van der Waals surface area contributed by atoms with E-state index in [0.29, 0.717) is 5.69 Å². The van der Waals surface area contributed by atoms with E-state index in [9.17, 15) is 9.18 Å². The van der Waals surface area contributed by atoms with Crippen LogP contribution in [0.4, 0.5) is 21.6 Å². The van der Waals surface area contributed by atoms with Gasteiger partial charge in [-0.15, -0.1) is 0 Å². The number of nitrogens with one attached hydrogen (secondary N) is 1. The van der Waals surface area contributed by atoms with Gasteiger partial charge in [0, 0.05) is 11.9 Å². The van der Waals surface area contributed by atoms with Gasteiger partial charge in [0.25, 0.3) is 0 Å². The highest BCUT2D eigenvalue weighted by Crippen LogP contribution is 2.26. The number of nitrogens with zero attached hydrogens (tertiary/aromatic N) is 1. The molecule has 0 atom stereocenters. The molecule has 0 aliphatic heterocycles. The predicted octanol–water partition coefficient (Wildman–Crippen LogP) is 2.55. The molecule has 2 rings (SSSR count). The largest absolute Gasteiger partial charge is 0.478 e. The second-order valence-electron chi connectivity index (χ2n) is 4.01. The number of anilines is 3. The molecule has 0 spiro atoms. The van der Waals surface area contributed by atoms with E-state index in [2.05, 4.69) is 10.3 Å². The molecule has 5 nitrogen and oxygen atoms in total. The predicted molar refractivity (Wildman–Crippen MR) is 70.0 cm³/mol. The van der Waals surface area contributed by atoms with Crippen molar-refractivity contribution >= 4 is 23.2 Å². The molecular formula is C13H12FN3O2. The molecule has 0 aliphatic carbocycles. The molecule has 4 N–H and O–H groups in total. The molecule has 0 saturated heterocycles. The Balaban J connectivity index is 2.41. The van der Waals surface area contributed by atoms with Gasteiger partial charge in [-0.25, -0.2) is 14.2 Å². The summed E-state index contributed by atoms with van der Waals surface area (Å²) in [7, 11) is 0. The van der Waals surface area contributed by atoms with Crippen molar-refractivity contribution in [3.8, 4) is 0 Å². The molecule has 19 heavy (non-hydrogen) atoms. The topological polar surface area (TPSA) is 88.2 Å². The number of aromatic carboxylic acids is 1. The summed E-state index contributed by atoms with van der Waals surface area (Å²) in [6, 6.07) is 5.55. The number of nitrogens with two attached hydrogens (primary N) is 1. The Labute approximate surface area is 108 Å². The fraction of sp³-hybridized carbons (Fsp3) is 0.0769. The van der Waals surface area contributed by atoms with E-state index < -0.39 is 11.8 Å². The second-order valence-corrected chi connectivity index (χ2v) is 4.01. The van der Waals surface area contributed by atoms with Crippen molar-refractivity contribution in [1.82, 2.24) is 4.98 Å². The normalized spacial score (nSPS) is 10.2. The monoisotopic (exact) mass is 261 g/mol. The molecule has 0 bridgehead atoms. The van der Waals surface area contributed by atoms with E-state index in [-0.39, 0.29) is 17.1 Å². The molecule has 1 heterocycles. The fourth-order valence-corrected chi connectivity index (χ4v) is 1.62. The lowest BCUT2D eigenvalue weighted by atomic mass is 10.2. The molecule has 1 aromatic heterocycles. The molecule has 0 fully saturated rings. The van der Waals surface area contributed by atoms with Crippen molar-refractivity contribution in [2.75, 3.05) is 11.1 Å². The summed E-state index contributed by atoms with van der Waals surface area (Å²) in [6.45, 7) is 1.79. The minimum absolute atomic E-state index is 0.0126. The molecule has 0 amide bonds. The molecule has 2 aromatic rings. The van der Waals surface area contributed by atoms with Crippen LogP contribution in [0, 0.1) is 12.7 Å². The van der Waals surface area contributed by atoms with Crippen LogP contribution in [0.5, 0.6) is 0 Å². The van der Waals surface area contributed by atoms with Crippen molar-refractivity contribution in [2.24, 2.45) is 0 Å². The van der Waals surface area contributed by atoms with Gasteiger partial charge in [0.1, 0.15) is 5.82 Å². The van der Waals surface area contributed by atoms with Crippen LogP contribution in [0.3, 0.4) is 0 Å². The first kappa shape index (κ1) is 12.8. The van der Waals surface area contributed by atoms with Gasteiger partial charge in [-0.3, -0.25) is 0 Å². The van der Waals surface area contributed by atoms with Crippen molar-refractivity contribution in [1.29, 1.82) is 0 Å². The van der Waals surface area contributed by atoms with E-state index >= 15 is 0 Å². The number of halogens is 1. The molecule has 0 aliphatic rings. The maximum Gasteiger partial charge on any atom is 0.337 e. The van der Waals surface area contributed by atoms with Crippen molar-refractivity contribution < 1.29 is 14.3 Å². The van der Waals surface area contributed by atoms with E-state index in [0.717, 1.165) is 5.56 Å². The molecule has 0 radical (unpaired) electrons. The number of rotatable bonds is 3. The third-order valence-corrected chi connectivity index (χ3v) is 2.67. The van der Waals surface area contributed by atoms with Crippen molar-refractivity contribution in [3.05, 3.63) is 47.4 Å². The number of aromatic nitrogens is 1. The minimum Gasteiger partial charge on any atom is -0.478 e. The molecule has 0 saturated carbocycles. The highest BCUT2D eigenvalue weighted by atomic mass is 19.1. The van der Waals surface area contributed by atoms with Crippen LogP contribution in [-0.2, 0) is 0 Å². The lowest BCUT2D eigenvalue weighted by molar-refractivity contribution is 0.0698. The molecule has 1 aromatic carbocycles. The van der Waals surface area contributed by atoms with E-state index in [1.165, 1.54) is 24.4 Å². The quantitative estimate of drug-likeness (QED) is 0.790. The number of benzene rings is 1. The van der Waals surface area contributed by atoms with E-state index in [1.54, 1.807) is 13.0 Å². The minimum atomic E-state index is -1.14. The average Bonchev–Trinajstić information content (AvgIpc) is 2.36. The van der Waals surface area contributed by atoms with Gasteiger partial charge >= 0.3 is 5.97 Å². The Morgan fingerprint density at radius 1 is 1.42 bits per heavy atom. The van der Waals surface area contributed by atoms with Crippen LogP contribution in [-0.4, -0.2) is 16.1 Å². The summed E-state index contributed by atoms with van der Waals surface area (Å²) in [5, 5.41) is 11.8. The van der Waals surface area contributed by atoms with E-state index in [4.69, 9.17) is 10.8 Å². The van der Waals surface area contributed by atoms with Gasteiger partial charge in [0.2, 0.25) is 0 Å². The van der Waals surface area contributed by atoms with Gasteiger partial charge in [0.15, 0.2) is 5.82 Å². The summed E-state index contributed by atoms with van der Waals surface area (Å²) in [4.78, 5) is 14.9. The first-order chi connectivity index (χ1) is 8.99. The summed E-state index contributed by atoms with van der Waals surface area (Å²) < 4.78 is 13.2. The Morgan fingerprint density at radius 2 is 2.16 bits per heavy atom. The van der Waals surface area contributed by atoms with Crippen LogP contribution in [0.25, 0.3) is 0 Å². The zero-order valence-corrected chi connectivity index (χ0v) is 10.1. The molecule has 6 heteroatoms. The first-order valence-electron chi connectivity index (χ1n) is 5.50. The van der Waals surface area contributed by atoms with Crippen LogP contribution < -0.4 is 11.1 Å². The number of aryl methyl sites for hydroxylation is 1. The highest BCUT2D eigenvalue weighted by molar-refractivity contribution is 5.96. The smallest absolute Gasteiger partial charge is 0.337 e. The molecule has 0 unspecified atom stereocenters. The van der Waals surface area contributed by atoms with Crippen LogP contribution in [0.15, 0.2) is 30.5 Å². The molecule has 98 valence electrons. The fourth-order valence-electron chi connectivity index (χ4n) is 1.62. The Kier molecular flexibility index (Phi) is 3.33. The number of nitrogen functional groups attached to an aromatic ring is 1. The Hall–Kier alpha value is -2.63. The van der Waals surface area contributed by atoms with Crippen LogP contribution in [0.2, 0.25) is 0 Å². The SMILES string of the molecule is Cc1ccc(F)cc1Nc1nccc(C(=O)O)c1N. The number of carboxylic acids is 1. The standard InChI is InChI=1S/C13H12FN3O2/c1-7-2-3-8(14)6-10(7)17-12-11(15)9(13(18)19)4-5-16-12/h2-6H,15H2,1H3,(H,16,17)(H,18,19). The third kappa shape index (κ3) is 2.62. The Morgan fingerprint density at radius 3 is 2.84 bits per heavy atom. The maximum atomic E-state index is 13.2. The first-order valence-corrected chi connectivity index (χ1v) is 5.50. The second kappa shape index (κ2) is 4.93. The Bertz CT molecular complexity index is 644. The zero-order valence-electron chi connectivity index (χ0n) is 10.1. The number of hydrogen-bond donors (Lipinski definition) is 3. The van der Waals surface area contributed by atoms with Gasteiger partial charge < -0.3 is 16.2 Å². The van der Waals surface area contributed by atoms with Crippen LogP contribution >= 0.6 is 0 Å². The lowest BCUT2D eigenvalue weighted by Gasteiger charge is -2.12. The summed E-state index contributed by atoms with van der Waals surface area (Å²) in [6.07, 6.45) is 1.33. The maximum absolute atomic E-state index is 13.2. The van der Waals surface area contributed by atoms with Crippen molar-refractivity contribution in [2.45, 2.75) is 6.92 Å². The highest BCUT2D eigenvalue weighted by Gasteiger charge is 2.13.